The third-order valence-corrected chi connectivity index (χ3v) is 5.42. The molecule has 3 heterocycles. The van der Waals surface area contributed by atoms with E-state index in [2.05, 4.69) is 15.0 Å². The molecule has 0 aliphatic carbocycles. The normalized spacial score (nSPS) is 17.4. The maximum absolute atomic E-state index is 13.5. The molecule has 1 fully saturated rings. The van der Waals surface area contributed by atoms with Crippen LogP contribution >= 0.6 is 0 Å². The molecule has 1 saturated heterocycles. The summed E-state index contributed by atoms with van der Waals surface area (Å²) in [7, 11) is 0. The molecular weight excluding hydrogens is 457 g/mol. The molecule has 1 aliphatic rings. The number of Topliss-reactive ketones (excluding diaryl/α,β-unsaturated/α-hetero) is 1. The summed E-state index contributed by atoms with van der Waals surface area (Å²) in [6.07, 6.45) is -2.73. The van der Waals surface area contributed by atoms with Crippen LogP contribution in [0.5, 0.6) is 11.6 Å². The van der Waals surface area contributed by atoms with E-state index in [4.69, 9.17) is 4.74 Å². The second kappa shape index (κ2) is 9.31. The number of carbonyl (C=O) groups is 1. The zero-order valence-electron chi connectivity index (χ0n) is 18.0. The molecule has 0 saturated carbocycles. The molecule has 2 N–H and O–H groups in total. The van der Waals surface area contributed by atoms with Crippen molar-refractivity contribution in [3.63, 3.8) is 0 Å². The van der Waals surface area contributed by atoms with Gasteiger partial charge in [-0.25, -0.2) is 9.36 Å². The molecule has 2 aromatic heterocycles. The van der Waals surface area contributed by atoms with Gasteiger partial charge in [-0.2, -0.15) is 0 Å². The SMILES string of the molecule is Cc1c(O)n(-c2ccc(OC(F)(F)F)cc2)c(=O)n1C(C(=O)C1CNCCO1)c1ccncc1. The Balaban J connectivity index is 1.79. The average molecular weight is 478 g/mol. The number of aromatic hydroxyl groups is 1. The monoisotopic (exact) mass is 478 g/mol. The number of ketones is 1. The summed E-state index contributed by atoms with van der Waals surface area (Å²) in [6, 6.07) is 6.49. The van der Waals surface area contributed by atoms with Crippen LogP contribution in [0.25, 0.3) is 5.69 Å². The lowest BCUT2D eigenvalue weighted by atomic mass is 9.99. The smallest absolute Gasteiger partial charge is 0.493 e. The number of ether oxygens (including phenoxy) is 2. The van der Waals surface area contributed by atoms with E-state index in [-0.39, 0.29) is 17.9 Å². The third-order valence-electron chi connectivity index (χ3n) is 5.42. The number of halogens is 3. The zero-order chi connectivity index (χ0) is 24.5. The zero-order valence-corrected chi connectivity index (χ0v) is 18.0. The molecule has 0 amide bonds. The number of nitrogens with zero attached hydrogens (tertiary/aromatic N) is 3. The van der Waals surface area contributed by atoms with E-state index in [1.54, 1.807) is 12.1 Å². The Bertz CT molecular complexity index is 1220. The van der Waals surface area contributed by atoms with Gasteiger partial charge >= 0.3 is 12.1 Å². The number of imidazole rings is 1. The molecule has 180 valence electrons. The lowest BCUT2D eigenvalue weighted by Crippen LogP contribution is -2.47. The first kappa shape index (κ1) is 23.5. The Morgan fingerprint density at radius 2 is 1.91 bits per heavy atom. The molecular formula is C22H21F3N4O5. The minimum absolute atomic E-state index is 0.0929. The number of alkyl halides is 3. The highest BCUT2D eigenvalue weighted by molar-refractivity contribution is 5.90. The fourth-order valence-corrected chi connectivity index (χ4v) is 3.86. The van der Waals surface area contributed by atoms with Crippen LogP contribution in [-0.4, -0.2) is 57.2 Å². The average Bonchev–Trinajstić information content (AvgIpc) is 3.03. The molecule has 0 spiro atoms. The van der Waals surface area contributed by atoms with Crippen molar-refractivity contribution < 1.29 is 32.5 Å². The van der Waals surface area contributed by atoms with Crippen molar-refractivity contribution in [3.05, 3.63) is 70.5 Å². The Labute approximate surface area is 191 Å². The van der Waals surface area contributed by atoms with Crippen LogP contribution in [0.15, 0.2) is 53.6 Å². The summed E-state index contributed by atoms with van der Waals surface area (Å²) >= 11 is 0. The highest BCUT2D eigenvalue weighted by Crippen LogP contribution is 2.29. The number of morpholine rings is 1. The van der Waals surface area contributed by atoms with Gasteiger partial charge in [0.1, 0.15) is 17.9 Å². The Morgan fingerprint density at radius 1 is 1.24 bits per heavy atom. The van der Waals surface area contributed by atoms with Crippen LogP contribution in [0.1, 0.15) is 17.3 Å². The van der Waals surface area contributed by atoms with E-state index in [0.29, 0.717) is 18.7 Å². The quantitative estimate of drug-likeness (QED) is 0.559. The van der Waals surface area contributed by atoms with Gasteiger partial charge in [-0.1, -0.05) is 0 Å². The number of nitrogens with one attached hydrogen (secondary N) is 1. The molecule has 9 nitrogen and oxygen atoms in total. The molecule has 2 atom stereocenters. The lowest BCUT2D eigenvalue weighted by Gasteiger charge is -2.27. The number of benzene rings is 1. The van der Waals surface area contributed by atoms with Crippen LogP contribution in [-0.2, 0) is 9.53 Å². The van der Waals surface area contributed by atoms with Gasteiger partial charge in [0.25, 0.3) is 0 Å². The number of carbonyl (C=O) groups excluding carboxylic acids is 1. The van der Waals surface area contributed by atoms with Gasteiger partial charge in [0.05, 0.1) is 18.0 Å². The Hall–Kier alpha value is -3.64. The topological polar surface area (TPSA) is 108 Å². The maximum Gasteiger partial charge on any atom is 0.573 e. The van der Waals surface area contributed by atoms with Crippen molar-refractivity contribution in [2.24, 2.45) is 0 Å². The van der Waals surface area contributed by atoms with Crippen molar-refractivity contribution >= 4 is 5.78 Å². The molecule has 2 unspecified atom stereocenters. The first-order chi connectivity index (χ1) is 16.2. The van der Waals surface area contributed by atoms with E-state index >= 15 is 0 Å². The predicted octanol–water partition coefficient (Wildman–Crippen LogP) is 2.09. The van der Waals surface area contributed by atoms with Crippen molar-refractivity contribution in [1.82, 2.24) is 19.4 Å². The molecule has 3 aromatic rings. The van der Waals surface area contributed by atoms with E-state index in [0.717, 1.165) is 21.3 Å². The number of hydrogen-bond acceptors (Lipinski definition) is 7. The largest absolute Gasteiger partial charge is 0.573 e. The minimum atomic E-state index is -4.87. The number of rotatable bonds is 6. The van der Waals surface area contributed by atoms with Crippen LogP contribution in [0.2, 0.25) is 0 Å². The van der Waals surface area contributed by atoms with Crippen LogP contribution in [0.4, 0.5) is 13.2 Å². The molecule has 12 heteroatoms. The van der Waals surface area contributed by atoms with E-state index in [1.807, 2.05) is 0 Å². The van der Waals surface area contributed by atoms with Crippen molar-refractivity contribution in [1.29, 1.82) is 0 Å². The summed E-state index contributed by atoms with van der Waals surface area (Å²) < 4.78 is 48.9. The summed E-state index contributed by atoms with van der Waals surface area (Å²) in [5, 5.41) is 13.8. The third kappa shape index (κ3) is 4.68. The van der Waals surface area contributed by atoms with Crippen molar-refractivity contribution in [2.75, 3.05) is 19.7 Å². The Kier molecular flexibility index (Phi) is 6.44. The van der Waals surface area contributed by atoms with Crippen molar-refractivity contribution in [3.8, 4) is 17.3 Å². The van der Waals surface area contributed by atoms with E-state index < -0.39 is 41.6 Å². The van der Waals surface area contributed by atoms with Crippen LogP contribution in [0, 0.1) is 6.92 Å². The second-order valence-electron chi connectivity index (χ2n) is 7.59. The summed E-state index contributed by atoms with van der Waals surface area (Å²) in [5.41, 5.74) is -0.0983. The first-order valence-corrected chi connectivity index (χ1v) is 10.3. The number of hydrogen-bond donors (Lipinski definition) is 2. The Morgan fingerprint density at radius 3 is 2.50 bits per heavy atom. The molecule has 34 heavy (non-hydrogen) atoms. The van der Waals surface area contributed by atoms with Gasteiger partial charge in [0, 0.05) is 25.5 Å². The van der Waals surface area contributed by atoms with Gasteiger partial charge in [-0.15, -0.1) is 13.2 Å². The molecule has 0 radical (unpaired) electrons. The molecule has 0 bridgehead atoms. The van der Waals surface area contributed by atoms with E-state index in [9.17, 15) is 27.9 Å². The van der Waals surface area contributed by atoms with Gasteiger partial charge in [-0.3, -0.25) is 14.3 Å². The lowest BCUT2D eigenvalue weighted by molar-refractivity contribution is -0.274. The predicted molar refractivity (Wildman–Crippen MR) is 113 cm³/mol. The van der Waals surface area contributed by atoms with Gasteiger partial charge < -0.3 is 19.9 Å². The fourth-order valence-electron chi connectivity index (χ4n) is 3.86. The van der Waals surface area contributed by atoms with Crippen LogP contribution in [0.3, 0.4) is 0 Å². The van der Waals surface area contributed by atoms with E-state index in [1.165, 1.54) is 31.5 Å². The highest BCUT2D eigenvalue weighted by atomic mass is 19.4. The standard InChI is InChI=1S/C22H21F3N4O5/c1-13-20(31)29(15-2-4-16(5-3-15)34-22(23,24)25)21(32)28(13)18(14-6-8-26-9-7-14)19(30)17-12-27-10-11-33-17/h2-9,17-18,27,31H,10-12H2,1H3. The number of aromatic nitrogens is 3. The number of pyridine rings is 1. The highest BCUT2D eigenvalue weighted by Gasteiger charge is 2.35. The molecule has 1 aliphatic heterocycles. The minimum Gasteiger partial charge on any atom is -0.493 e. The molecule has 1 aromatic carbocycles. The molecule has 4 rings (SSSR count). The second-order valence-corrected chi connectivity index (χ2v) is 7.59. The van der Waals surface area contributed by atoms with Gasteiger partial charge in [-0.05, 0) is 48.9 Å². The van der Waals surface area contributed by atoms with Crippen molar-refractivity contribution in [2.45, 2.75) is 25.4 Å². The van der Waals surface area contributed by atoms with Crippen LogP contribution < -0.4 is 15.7 Å². The fraction of sp³-hybridized carbons (Fsp3) is 0.318. The van der Waals surface area contributed by atoms with Gasteiger partial charge in [0.15, 0.2) is 5.78 Å². The van der Waals surface area contributed by atoms with Gasteiger partial charge in [0.2, 0.25) is 5.88 Å². The maximum atomic E-state index is 13.5. The summed E-state index contributed by atoms with van der Waals surface area (Å²) in [6.45, 7) is 2.65. The summed E-state index contributed by atoms with van der Waals surface area (Å²) in [4.78, 5) is 30.9. The first-order valence-electron chi connectivity index (χ1n) is 10.3. The summed E-state index contributed by atoms with van der Waals surface area (Å²) in [5.74, 6) is -1.33.